The molecule has 0 saturated carbocycles. The molecular weight excluding hydrogens is 1700 g/mol. The summed E-state index contributed by atoms with van der Waals surface area (Å²) in [5.74, 6) is 4.51. The quantitative estimate of drug-likeness (QED) is 0.00800. The molecule has 10 aromatic rings. The Morgan fingerprint density at radius 2 is 0.296 bits per heavy atom. The molecule has 10 aromatic carbocycles. The summed E-state index contributed by atoms with van der Waals surface area (Å²) >= 11 is 21.0. The van der Waals surface area contributed by atoms with Crippen LogP contribution in [0.25, 0.3) is 0 Å². The number of unbranched alkanes of at least 4 members (excludes halogenated alkanes) is 20. The van der Waals surface area contributed by atoms with E-state index in [1.807, 2.05) is 0 Å². The average molecular weight is 1820 g/mol. The van der Waals surface area contributed by atoms with Gasteiger partial charge in [-0.3, -0.25) is 23.5 Å². The minimum absolute atomic E-state index is 0. The van der Waals surface area contributed by atoms with Crippen molar-refractivity contribution in [3.8, 4) is 57.5 Å². The lowest BCUT2D eigenvalue weighted by molar-refractivity contribution is 0.0725. The van der Waals surface area contributed by atoms with E-state index in [4.69, 9.17) is 47.4 Å². The van der Waals surface area contributed by atoms with Crippen LogP contribution in [0.5, 0.6) is 57.5 Å². The van der Waals surface area contributed by atoms with Crippen molar-refractivity contribution in [2.75, 3.05) is 33.0 Å². The third kappa shape index (κ3) is 49.4. The minimum Gasteiger partial charge on any atom is -0.494 e. The molecule has 0 aliphatic heterocycles. The third-order valence-corrected chi connectivity index (χ3v) is 19.8. The molecule has 0 atom stereocenters. The summed E-state index contributed by atoms with van der Waals surface area (Å²) in [5.41, 5.74) is 2.50. The van der Waals surface area contributed by atoms with E-state index in [-0.39, 0.29) is 53.4 Å². The van der Waals surface area contributed by atoms with Crippen molar-refractivity contribution in [2.45, 2.75) is 220 Å². The summed E-state index contributed by atoms with van der Waals surface area (Å²) in [6.07, 6.45) is 30.3. The standard InChI is InChI=1S/5C20H24O3S.5FH/c5*1-2-3-4-5-6-15-22-17-9-7-16(8-10-17)20(21)23-18-11-13-19(24)14-12-18;;;;;/h5*7-14,24H,2-6,15H2,1H3;5*1H. The van der Waals surface area contributed by atoms with Gasteiger partial charge in [-0.2, -0.15) is 0 Å². The van der Waals surface area contributed by atoms with E-state index in [9.17, 15) is 24.0 Å². The second-order valence-electron chi connectivity index (χ2n) is 28.4. The van der Waals surface area contributed by atoms with Gasteiger partial charge in [0, 0.05) is 24.5 Å². The minimum atomic E-state index is -0.381. The summed E-state index contributed by atoms with van der Waals surface area (Å²) < 4.78 is 55.0. The van der Waals surface area contributed by atoms with E-state index < -0.39 is 0 Å². The predicted octanol–water partition coefficient (Wildman–Crippen LogP) is 28.5. The molecule has 0 N–H and O–H groups in total. The largest absolute Gasteiger partial charge is 0.494 e. The normalized spacial score (nSPS) is 10.0. The molecule has 0 aliphatic carbocycles. The first-order chi connectivity index (χ1) is 58.4. The van der Waals surface area contributed by atoms with Crippen molar-refractivity contribution >= 4 is 93.0 Å². The Balaban J connectivity index is 0.000000774. The van der Waals surface area contributed by atoms with Crippen molar-refractivity contribution < 1.29 is 94.9 Å². The second-order valence-corrected chi connectivity index (χ2v) is 30.9. The highest BCUT2D eigenvalue weighted by Gasteiger charge is 2.15. The molecule has 680 valence electrons. The van der Waals surface area contributed by atoms with Gasteiger partial charge in [0.05, 0.1) is 60.9 Å². The van der Waals surface area contributed by atoms with E-state index in [1.54, 1.807) is 243 Å². The summed E-state index contributed by atoms with van der Waals surface area (Å²) in [6, 6.07) is 70.3. The van der Waals surface area contributed by atoms with Gasteiger partial charge in [0.1, 0.15) is 57.5 Å². The molecule has 0 heterocycles. The van der Waals surface area contributed by atoms with E-state index in [0.717, 1.165) is 85.3 Å². The van der Waals surface area contributed by atoms with Crippen molar-refractivity contribution in [3.05, 3.63) is 270 Å². The van der Waals surface area contributed by atoms with E-state index in [1.165, 1.54) is 128 Å². The average Bonchev–Trinajstić information content (AvgIpc) is 0.887. The van der Waals surface area contributed by atoms with Crippen LogP contribution >= 0.6 is 63.1 Å². The number of ether oxygens (including phenoxy) is 10. The first-order valence-electron chi connectivity index (χ1n) is 42.1. The van der Waals surface area contributed by atoms with Gasteiger partial charge in [-0.1, -0.05) is 163 Å². The van der Waals surface area contributed by atoms with E-state index in [0.29, 0.717) is 89.6 Å². The second kappa shape index (κ2) is 69.2. The Morgan fingerprint density at radius 1 is 0.176 bits per heavy atom. The van der Waals surface area contributed by atoms with Crippen LogP contribution in [-0.4, -0.2) is 62.9 Å². The van der Waals surface area contributed by atoms with E-state index in [2.05, 4.69) is 97.8 Å². The highest BCUT2D eigenvalue weighted by atomic mass is 32.1. The van der Waals surface area contributed by atoms with Crippen LogP contribution in [-0.2, 0) is 0 Å². The SMILES string of the molecule is CCCCCCCOc1ccc(C(=O)Oc2ccc(S)cc2)cc1.CCCCCCCOc1ccc(C(=O)Oc2ccc(S)cc2)cc1.CCCCCCCOc1ccc(C(=O)Oc2ccc(S)cc2)cc1.CCCCCCCOc1ccc(C(=O)Oc2ccc(S)cc2)cc1.CCCCCCCOc1ccc(C(=O)Oc2ccc(S)cc2)cc1.F.F.F.F.F. The lowest BCUT2D eigenvalue weighted by atomic mass is 10.2. The first kappa shape index (κ1) is 113. The Hall–Kier alpha value is -10.1. The molecule has 0 bridgehead atoms. The van der Waals surface area contributed by atoms with Crippen molar-refractivity contribution in [1.82, 2.24) is 0 Å². The molecule has 0 unspecified atom stereocenters. The number of rotatable bonds is 45. The summed E-state index contributed by atoms with van der Waals surface area (Å²) in [7, 11) is 0. The van der Waals surface area contributed by atoms with Crippen molar-refractivity contribution in [1.29, 1.82) is 0 Å². The monoisotopic (exact) mass is 1820 g/mol. The number of hydrogen-bond donors (Lipinski definition) is 5. The molecule has 0 spiro atoms. The number of esters is 5. The number of halogens is 5. The van der Waals surface area contributed by atoms with Crippen LogP contribution in [0.1, 0.15) is 247 Å². The fourth-order valence-corrected chi connectivity index (χ4v) is 12.1. The van der Waals surface area contributed by atoms with Gasteiger partial charge in [-0.05, 0) is 275 Å². The lowest BCUT2D eigenvalue weighted by Crippen LogP contribution is -2.08. The fraction of sp³-hybridized carbons (Fsp3) is 0.350. The molecule has 0 aliphatic rings. The highest BCUT2D eigenvalue weighted by molar-refractivity contribution is 7.81. The van der Waals surface area contributed by atoms with Gasteiger partial charge in [-0.15, -0.1) is 63.1 Å². The van der Waals surface area contributed by atoms with Gasteiger partial charge >= 0.3 is 29.8 Å². The lowest BCUT2D eigenvalue weighted by Gasteiger charge is -2.08. The van der Waals surface area contributed by atoms with Crippen LogP contribution < -0.4 is 47.4 Å². The van der Waals surface area contributed by atoms with Crippen LogP contribution in [0.15, 0.2) is 267 Å². The predicted molar refractivity (Wildman–Crippen MR) is 509 cm³/mol. The maximum Gasteiger partial charge on any atom is 0.343 e. The first-order valence-corrected chi connectivity index (χ1v) is 44.4. The summed E-state index contributed by atoms with van der Waals surface area (Å²) in [4.78, 5) is 64.6. The Labute approximate surface area is 763 Å². The smallest absolute Gasteiger partial charge is 0.343 e. The molecule has 15 nitrogen and oxygen atoms in total. The maximum absolute atomic E-state index is 12.1. The molecule has 25 heteroatoms. The zero-order valence-corrected chi connectivity index (χ0v) is 76.7. The van der Waals surface area contributed by atoms with Crippen LogP contribution in [0.2, 0.25) is 0 Å². The third-order valence-electron chi connectivity index (χ3n) is 18.3. The molecule has 0 radical (unpaired) electrons. The van der Waals surface area contributed by atoms with Gasteiger partial charge in [-0.25, -0.2) is 24.0 Å². The highest BCUT2D eigenvalue weighted by Crippen LogP contribution is 2.26. The fourth-order valence-electron chi connectivity index (χ4n) is 11.3. The Morgan fingerprint density at radius 3 is 0.424 bits per heavy atom. The molecule has 0 aromatic heterocycles. The van der Waals surface area contributed by atoms with Crippen LogP contribution in [0.3, 0.4) is 0 Å². The number of carbonyl (C=O) groups excluding carboxylic acids is 5. The molecule has 125 heavy (non-hydrogen) atoms. The molecule has 0 saturated heterocycles. The van der Waals surface area contributed by atoms with Gasteiger partial charge in [0.15, 0.2) is 0 Å². The molecule has 10 rings (SSSR count). The Kier molecular flexibility index (Phi) is 62.5. The van der Waals surface area contributed by atoms with Gasteiger partial charge in [0.25, 0.3) is 0 Å². The molecule has 0 fully saturated rings. The molecular formula is C100H125F5O15S5. The Bertz CT molecular complexity index is 3800. The van der Waals surface area contributed by atoms with Gasteiger partial charge in [0.2, 0.25) is 0 Å². The summed E-state index contributed by atoms with van der Waals surface area (Å²) in [6.45, 7) is 14.6. The van der Waals surface area contributed by atoms with Crippen LogP contribution in [0.4, 0.5) is 23.5 Å². The topological polar surface area (TPSA) is 178 Å². The number of hydrogen-bond acceptors (Lipinski definition) is 20. The zero-order valence-electron chi connectivity index (χ0n) is 72.2. The van der Waals surface area contributed by atoms with Crippen molar-refractivity contribution in [3.63, 3.8) is 0 Å². The number of benzene rings is 10. The number of thiol groups is 5. The molecule has 0 amide bonds. The van der Waals surface area contributed by atoms with Crippen molar-refractivity contribution in [2.24, 2.45) is 0 Å². The van der Waals surface area contributed by atoms with Crippen LogP contribution in [0, 0.1) is 0 Å². The summed E-state index contributed by atoms with van der Waals surface area (Å²) in [5, 5.41) is 0. The van der Waals surface area contributed by atoms with E-state index >= 15 is 0 Å². The maximum atomic E-state index is 12.1. The van der Waals surface area contributed by atoms with Gasteiger partial charge < -0.3 is 47.4 Å². The number of carbonyl (C=O) groups is 5. The zero-order chi connectivity index (χ0) is 86.0.